The molecule has 2 N–H and O–H groups in total. The summed E-state index contributed by atoms with van der Waals surface area (Å²) in [4.78, 5) is 11.4. The van der Waals surface area contributed by atoms with Gasteiger partial charge in [-0.3, -0.25) is 4.79 Å². The van der Waals surface area contributed by atoms with Gasteiger partial charge in [0, 0.05) is 25.1 Å². The highest BCUT2D eigenvalue weighted by Crippen LogP contribution is 2.35. The van der Waals surface area contributed by atoms with E-state index in [9.17, 15) is 4.79 Å². The molecule has 0 aliphatic carbocycles. The molecule has 0 aliphatic rings. The predicted octanol–water partition coefficient (Wildman–Crippen LogP) is 3.38. The van der Waals surface area contributed by atoms with Crippen LogP contribution >= 0.6 is 23.8 Å². The Morgan fingerprint density at radius 2 is 1.96 bits per heavy atom. The number of rotatable bonds is 9. The van der Waals surface area contributed by atoms with Gasteiger partial charge >= 0.3 is 5.97 Å². The number of ether oxygens (including phenoxy) is 3. The third kappa shape index (κ3) is 6.80. The molecule has 0 unspecified atom stereocenters. The van der Waals surface area contributed by atoms with Crippen LogP contribution in [0, 0.1) is 0 Å². The minimum atomic E-state index is -0.193. The van der Waals surface area contributed by atoms with E-state index in [1.54, 1.807) is 19.2 Å². The highest BCUT2D eigenvalue weighted by Gasteiger charge is 2.11. The first kappa shape index (κ1) is 20.3. The summed E-state index contributed by atoms with van der Waals surface area (Å²) >= 11 is 11.3. The van der Waals surface area contributed by atoms with E-state index in [4.69, 9.17) is 38.0 Å². The van der Waals surface area contributed by atoms with Crippen LogP contribution in [0.1, 0.15) is 26.2 Å². The van der Waals surface area contributed by atoms with Gasteiger partial charge in [-0.25, -0.2) is 0 Å². The standard InChI is InChI=1S/C16H23ClN2O4S/c1-4-8-23-15(20)6-5-7-18-16(24)19-12-10-13(21-2)11(17)9-14(12)22-3/h9-10H,4-8H2,1-3H3,(H2,18,19,24). The number of anilines is 1. The van der Waals surface area contributed by atoms with Crippen LogP contribution < -0.4 is 20.1 Å². The molecule has 0 atom stereocenters. The number of carbonyl (C=O) groups is 1. The van der Waals surface area contributed by atoms with Crippen molar-refractivity contribution in [1.29, 1.82) is 0 Å². The first-order valence-electron chi connectivity index (χ1n) is 7.63. The van der Waals surface area contributed by atoms with Crippen molar-refractivity contribution in [2.45, 2.75) is 26.2 Å². The lowest BCUT2D eigenvalue weighted by atomic mass is 10.2. The quantitative estimate of drug-likeness (QED) is 0.390. The van der Waals surface area contributed by atoms with Crippen molar-refractivity contribution in [1.82, 2.24) is 5.32 Å². The molecule has 0 heterocycles. The average molecular weight is 375 g/mol. The number of thiocarbonyl (C=S) groups is 1. The lowest BCUT2D eigenvalue weighted by Gasteiger charge is -2.15. The molecule has 134 valence electrons. The summed E-state index contributed by atoms with van der Waals surface area (Å²) < 4.78 is 15.5. The monoisotopic (exact) mass is 374 g/mol. The number of hydrogen-bond acceptors (Lipinski definition) is 5. The zero-order valence-electron chi connectivity index (χ0n) is 14.1. The second-order valence-electron chi connectivity index (χ2n) is 4.89. The molecule has 6 nitrogen and oxygen atoms in total. The molecule has 0 saturated heterocycles. The molecular formula is C16H23ClN2O4S. The molecular weight excluding hydrogens is 352 g/mol. The van der Waals surface area contributed by atoms with Crippen molar-refractivity contribution in [2.24, 2.45) is 0 Å². The van der Waals surface area contributed by atoms with Crippen LogP contribution in [0.3, 0.4) is 0 Å². The van der Waals surface area contributed by atoms with Gasteiger partial charge in [-0.1, -0.05) is 18.5 Å². The van der Waals surface area contributed by atoms with E-state index < -0.39 is 0 Å². The third-order valence-corrected chi connectivity index (χ3v) is 3.57. The van der Waals surface area contributed by atoms with Crippen molar-refractivity contribution >= 4 is 40.6 Å². The molecule has 1 aromatic carbocycles. The van der Waals surface area contributed by atoms with Crippen LogP contribution in [0.4, 0.5) is 5.69 Å². The summed E-state index contributed by atoms with van der Waals surface area (Å²) in [6, 6.07) is 3.35. The molecule has 0 fully saturated rings. The molecule has 1 rings (SSSR count). The minimum Gasteiger partial charge on any atom is -0.495 e. The molecule has 24 heavy (non-hydrogen) atoms. The summed E-state index contributed by atoms with van der Waals surface area (Å²) in [7, 11) is 3.08. The van der Waals surface area contributed by atoms with Crippen molar-refractivity contribution in [3.8, 4) is 11.5 Å². The normalized spacial score (nSPS) is 10.0. The van der Waals surface area contributed by atoms with E-state index in [0.717, 1.165) is 6.42 Å². The Morgan fingerprint density at radius 3 is 2.58 bits per heavy atom. The fourth-order valence-corrected chi connectivity index (χ4v) is 2.29. The van der Waals surface area contributed by atoms with Gasteiger partial charge in [0.1, 0.15) is 11.5 Å². The SMILES string of the molecule is CCCOC(=O)CCCNC(=S)Nc1cc(OC)c(Cl)cc1OC. The van der Waals surface area contributed by atoms with Crippen LogP contribution in [0.25, 0.3) is 0 Å². The van der Waals surface area contributed by atoms with Crippen LogP contribution in [-0.4, -0.2) is 38.5 Å². The second-order valence-corrected chi connectivity index (χ2v) is 5.71. The number of esters is 1. The smallest absolute Gasteiger partial charge is 0.305 e. The lowest BCUT2D eigenvalue weighted by Crippen LogP contribution is -2.29. The van der Waals surface area contributed by atoms with E-state index in [-0.39, 0.29) is 5.97 Å². The highest BCUT2D eigenvalue weighted by molar-refractivity contribution is 7.80. The maximum atomic E-state index is 11.4. The second kappa shape index (κ2) is 10.9. The molecule has 0 amide bonds. The lowest BCUT2D eigenvalue weighted by molar-refractivity contribution is -0.143. The summed E-state index contributed by atoms with van der Waals surface area (Å²) in [6.45, 7) is 2.98. The zero-order valence-corrected chi connectivity index (χ0v) is 15.7. The molecule has 0 bridgehead atoms. The largest absolute Gasteiger partial charge is 0.495 e. The van der Waals surface area contributed by atoms with Gasteiger partial charge in [0.05, 0.1) is 31.5 Å². The fourth-order valence-electron chi connectivity index (χ4n) is 1.85. The average Bonchev–Trinajstić information content (AvgIpc) is 2.57. The molecule has 0 aromatic heterocycles. The Kier molecular flexibility index (Phi) is 9.26. The Bertz CT molecular complexity index is 569. The van der Waals surface area contributed by atoms with E-state index in [1.807, 2.05) is 6.92 Å². The van der Waals surface area contributed by atoms with Gasteiger partial charge in [0.15, 0.2) is 5.11 Å². The van der Waals surface area contributed by atoms with Crippen molar-refractivity contribution in [3.63, 3.8) is 0 Å². The fraction of sp³-hybridized carbons (Fsp3) is 0.500. The van der Waals surface area contributed by atoms with Crippen molar-refractivity contribution in [3.05, 3.63) is 17.2 Å². The van der Waals surface area contributed by atoms with Gasteiger partial charge in [0.2, 0.25) is 0 Å². The summed E-state index contributed by atoms with van der Waals surface area (Å²) in [5, 5.41) is 6.92. The van der Waals surface area contributed by atoms with E-state index in [0.29, 0.717) is 53.3 Å². The van der Waals surface area contributed by atoms with E-state index >= 15 is 0 Å². The highest BCUT2D eigenvalue weighted by atomic mass is 35.5. The van der Waals surface area contributed by atoms with Crippen LogP contribution in [0.2, 0.25) is 5.02 Å². The molecule has 0 radical (unpaired) electrons. The number of methoxy groups -OCH3 is 2. The molecule has 8 heteroatoms. The van der Waals surface area contributed by atoms with Crippen LogP contribution in [0.5, 0.6) is 11.5 Å². The van der Waals surface area contributed by atoms with Gasteiger partial charge in [-0.05, 0) is 25.1 Å². The van der Waals surface area contributed by atoms with Crippen LogP contribution in [0.15, 0.2) is 12.1 Å². The minimum absolute atomic E-state index is 0.193. The topological polar surface area (TPSA) is 68.8 Å². The summed E-state index contributed by atoms with van der Waals surface area (Å²) in [5.74, 6) is 0.871. The Morgan fingerprint density at radius 1 is 1.25 bits per heavy atom. The number of hydrogen-bond donors (Lipinski definition) is 2. The van der Waals surface area contributed by atoms with E-state index in [2.05, 4.69) is 10.6 Å². The number of carbonyl (C=O) groups excluding carboxylic acids is 1. The summed E-state index contributed by atoms with van der Waals surface area (Å²) in [6.07, 6.45) is 1.81. The van der Waals surface area contributed by atoms with Gasteiger partial charge in [-0.2, -0.15) is 0 Å². The third-order valence-electron chi connectivity index (χ3n) is 3.03. The first-order valence-corrected chi connectivity index (χ1v) is 8.42. The molecule has 0 aliphatic heterocycles. The number of nitrogens with one attached hydrogen (secondary N) is 2. The van der Waals surface area contributed by atoms with Crippen molar-refractivity contribution < 1.29 is 19.0 Å². The van der Waals surface area contributed by atoms with Crippen LogP contribution in [-0.2, 0) is 9.53 Å². The number of benzene rings is 1. The maximum Gasteiger partial charge on any atom is 0.305 e. The Balaban J connectivity index is 2.46. The molecule has 0 saturated carbocycles. The predicted molar refractivity (Wildman–Crippen MR) is 99.3 cm³/mol. The van der Waals surface area contributed by atoms with Crippen molar-refractivity contribution in [2.75, 3.05) is 32.7 Å². The molecule has 1 aromatic rings. The van der Waals surface area contributed by atoms with E-state index in [1.165, 1.54) is 7.11 Å². The summed E-state index contributed by atoms with van der Waals surface area (Å²) in [5.41, 5.74) is 0.638. The first-order chi connectivity index (χ1) is 11.5. The maximum absolute atomic E-state index is 11.4. The van der Waals surface area contributed by atoms with Gasteiger partial charge < -0.3 is 24.8 Å². The van der Waals surface area contributed by atoms with Gasteiger partial charge in [-0.15, -0.1) is 0 Å². The van der Waals surface area contributed by atoms with Gasteiger partial charge in [0.25, 0.3) is 0 Å². The Hall–Kier alpha value is -1.73. The Labute approximate surface area is 152 Å². The number of halogens is 1. The zero-order chi connectivity index (χ0) is 17.9. The molecule has 0 spiro atoms.